The summed E-state index contributed by atoms with van der Waals surface area (Å²) in [5, 5.41) is 2.87. The molecule has 3 heteroatoms. The molecule has 0 aliphatic carbocycles. The third-order valence-electron chi connectivity index (χ3n) is 1.24. The van der Waals surface area contributed by atoms with Crippen molar-refractivity contribution in [1.82, 2.24) is 5.32 Å². The maximum Gasteiger partial charge on any atom is 0.167 e. The fraction of sp³-hybridized carbons (Fsp3) is 0.800. The molecular formula is C5H12NOP. The Balaban J connectivity index is 3.91. The largest absolute Gasteiger partial charge is 0.308 e. The Hall–Kier alpha value is 0.0600. The molecule has 8 heavy (non-hydrogen) atoms. The van der Waals surface area contributed by atoms with E-state index in [1.54, 1.807) is 7.05 Å². The highest BCUT2D eigenvalue weighted by molar-refractivity contribution is 7.40. The molecule has 0 aromatic rings. The molecule has 1 atom stereocenters. The van der Waals surface area contributed by atoms with E-state index in [2.05, 4.69) is 14.6 Å². The molecule has 0 aromatic carbocycles. The van der Waals surface area contributed by atoms with Crippen LogP contribution in [0.3, 0.4) is 0 Å². The van der Waals surface area contributed by atoms with Gasteiger partial charge in [-0.05, 0) is 20.9 Å². The summed E-state index contributed by atoms with van der Waals surface area (Å²) >= 11 is 0. The highest BCUT2D eigenvalue weighted by Crippen LogP contribution is 2.06. The molecule has 1 unspecified atom stereocenters. The van der Waals surface area contributed by atoms with E-state index in [4.69, 9.17) is 0 Å². The Kier molecular flexibility index (Phi) is 2.58. The van der Waals surface area contributed by atoms with Gasteiger partial charge >= 0.3 is 0 Å². The molecule has 0 radical (unpaired) electrons. The standard InChI is InChI=1S/C5H12NOP/c1-5(2,6-3)4(7)8/h6H,8H2,1-3H3. The predicted molar refractivity (Wildman–Crippen MR) is 37.9 cm³/mol. The van der Waals surface area contributed by atoms with E-state index in [0.717, 1.165) is 0 Å². The van der Waals surface area contributed by atoms with Crippen molar-refractivity contribution in [3.8, 4) is 0 Å². The lowest BCUT2D eigenvalue weighted by molar-refractivity contribution is -0.115. The van der Waals surface area contributed by atoms with Gasteiger partial charge in [0.05, 0.1) is 5.54 Å². The van der Waals surface area contributed by atoms with Crippen LogP contribution in [0.2, 0.25) is 0 Å². The van der Waals surface area contributed by atoms with Crippen molar-refractivity contribution in [2.75, 3.05) is 7.05 Å². The molecule has 0 spiro atoms. The average molecular weight is 133 g/mol. The SMILES string of the molecule is CNC(C)(C)C(=O)P. The minimum atomic E-state index is -0.384. The summed E-state index contributed by atoms with van der Waals surface area (Å²) in [6, 6.07) is 0. The summed E-state index contributed by atoms with van der Waals surface area (Å²) in [7, 11) is 3.91. The molecule has 0 saturated carbocycles. The molecule has 0 rings (SSSR count). The van der Waals surface area contributed by atoms with Crippen LogP contribution in [0, 0.1) is 0 Å². The molecule has 0 fully saturated rings. The minimum absolute atomic E-state index is 0.0833. The van der Waals surface area contributed by atoms with Crippen molar-refractivity contribution in [3.05, 3.63) is 0 Å². The van der Waals surface area contributed by atoms with Gasteiger partial charge in [0.1, 0.15) is 0 Å². The summed E-state index contributed by atoms with van der Waals surface area (Å²) in [5.74, 6) is 0. The maximum absolute atomic E-state index is 10.6. The van der Waals surface area contributed by atoms with Gasteiger partial charge in [-0.3, -0.25) is 4.79 Å². The molecule has 0 aliphatic rings. The molecule has 0 amide bonds. The van der Waals surface area contributed by atoms with Crippen molar-refractivity contribution < 1.29 is 4.79 Å². The second-order valence-electron chi connectivity index (χ2n) is 2.24. The van der Waals surface area contributed by atoms with Crippen molar-refractivity contribution in [3.63, 3.8) is 0 Å². The molecule has 0 heterocycles. The smallest absolute Gasteiger partial charge is 0.167 e. The van der Waals surface area contributed by atoms with Crippen molar-refractivity contribution in [1.29, 1.82) is 0 Å². The molecule has 0 saturated heterocycles. The van der Waals surface area contributed by atoms with Gasteiger partial charge in [0.2, 0.25) is 0 Å². The monoisotopic (exact) mass is 133 g/mol. The second kappa shape index (κ2) is 2.56. The Morgan fingerprint density at radius 1 is 1.62 bits per heavy atom. The number of likely N-dealkylation sites (N-methyl/N-ethyl adjacent to an activating group) is 1. The van der Waals surface area contributed by atoms with Crippen LogP contribution < -0.4 is 5.32 Å². The van der Waals surface area contributed by atoms with Gasteiger partial charge in [-0.2, -0.15) is 0 Å². The highest BCUT2D eigenvalue weighted by atomic mass is 31.0. The van der Waals surface area contributed by atoms with E-state index in [0.29, 0.717) is 0 Å². The molecule has 0 aliphatic heterocycles. The Morgan fingerprint density at radius 3 is 2.00 bits per heavy atom. The summed E-state index contributed by atoms with van der Waals surface area (Å²) in [6.45, 7) is 3.67. The van der Waals surface area contributed by atoms with Gasteiger partial charge in [0, 0.05) is 0 Å². The van der Waals surface area contributed by atoms with E-state index < -0.39 is 0 Å². The topological polar surface area (TPSA) is 29.1 Å². The van der Waals surface area contributed by atoms with Gasteiger partial charge in [-0.15, -0.1) is 0 Å². The maximum atomic E-state index is 10.6. The average Bonchev–Trinajstić information content (AvgIpc) is 1.67. The molecular weight excluding hydrogens is 121 g/mol. The summed E-state index contributed by atoms with van der Waals surface area (Å²) < 4.78 is 0. The van der Waals surface area contributed by atoms with E-state index in [9.17, 15) is 4.79 Å². The van der Waals surface area contributed by atoms with E-state index in [1.165, 1.54) is 0 Å². The number of carbonyl (C=O) groups excluding carboxylic acids is 1. The third-order valence-corrected chi connectivity index (χ3v) is 1.96. The molecule has 48 valence electrons. The minimum Gasteiger partial charge on any atom is -0.308 e. The highest BCUT2D eigenvalue weighted by Gasteiger charge is 2.19. The molecule has 2 nitrogen and oxygen atoms in total. The normalized spacial score (nSPS) is 11.5. The zero-order valence-corrected chi connectivity index (χ0v) is 6.64. The summed E-state index contributed by atoms with van der Waals surface area (Å²) in [4.78, 5) is 10.6. The van der Waals surface area contributed by atoms with Gasteiger partial charge in [-0.25, -0.2) is 0 Å². The number of carbonyl (C=O) groups is 1. The zero-order valence-electron chi connectivity index (χ0n) is 5.49. The van der Waals surface area contributed by atoms with Crippen LogP contribution in [0.15, 0.2) is 0 Å². The van der Waals surface area contributed by atoms with Crippen LogP contribution in [-0.4, -0.2) is 18.1 Å². The van der Waals surface area contributed by atoms with Crippen LogP contribution >= 0.6 is 9.24 Å². The summed E-state index contributed by atoms with van der Waals surface area (Å²) in [6.07, 6.45) is 0. The Bertz CT molecular complexity index is 101. The van der Waals surface area contributed by atoms with E-state index in [-0.39, 0.29) is 11.1 Å². The van der Waals surface area contributed by atoms with Crippen molar-refractivity contribution in [2.45, 2.75) is 19.4 Å². The zero-order chi connectivity index (χ0) is 6.78. The van der Waals surface area contributed by atoms with Crippen LogP contribution in [0.4, 0.5) is 0 Å². The predicted octanol–water partition coefficient (Wildman–Crippen LogP) is 0.386. The number of hydrogen-bond acceptors (Lipinski definition) is 2. The molecule has 0 bridgehead atoms. The summed E-state index contributed by atoms with van der Waals surface area (Å²) in [5.41, 5.74) is -0.301. The van der Waals surface area contributed by atoms with Gasteiger partial charge in [-0.1, -0.05) is 9.24 Å². The first-order chi connectivity index (χ1) is 3.50. The van der Waals surface area contributed by atoms with Crippen LogP contribution in [-0.2, 0) is 4.79 Å². The first-order valence-electron chi connectivity index (χ1n) is 2.49. The fourth-order valence-corrected chi connectivity index (χ4v) is 0.268. The third kappa shape index (κ3) is 1.89. The van der Waals surface area contributed by atoms with E-state index in [1.807, 2.05) is 13.8 Å². The second-order valence-corrected chi connectivity index (χ2v) is 2.76. The molecule has 1 N–H and O–H groups in total. The quantitative estimate of drug-likeness (QED) is 0.552. The number of nitrogens with one attached hydrogen (secondary N) is 1. The molecule has 0 aromatic heterocycles. The number of hydrogen-bond donors (Lipinski definition) is 1. The van der Waals surface area contributed by atoms with Gasteiger partial charge < -0.3 is 5.32 Å². The lowest BCUT2D eigenvalue weighted by Crippen LogP contribution is -2.41. The van der Waals surface area contributed by atoms with Crippen LogP contribution in [0.5, 0.6) is 0 Å². The van der Waals surface area contributed by atoms with Crippen LogP contribution in [0.25, 0.3) is 0 Å². The lowest BCUT2D eigenvalue weighted by atomic mass is 10.1. The Labute approximate surface area is 52.2 Å². The fourth-order valence-electron chi connectivity index (χ4n) is 0.123. The van der Waals surface area contributed by atoms with Gasteiger partial charge in [0.25, 0.3) is 0 Å². The van der Waals surface area contributed by atoms with Crippen molar-refractivity contribution >= 4 is 14.8 Å². The first kappa shape index (κ1) is 8.06. The first-order valence-corrected chi connectivity index (χ1v) is 3.07. The van der Waals surface area contributed by atoms with E-state index >= 15 is 0 Å². The number of rotatable bonds is 2. The van der Waals surface area contributed by atoms with Crippen molar-refractivity contribution in [2.24, 2.45) is 0 Å². The van der Waals surface area contributed by atoms with Gasteiger partial charge in [0.15, 0.2) is 5.52 Å². The lowest BCUT2D eigenvalue weighted by Gasteiger charge is -2.18. The van der Waals surface area contributed by atoms with Crippen LogP contribution in [0.1, 0.15) is 13.8 Å². The Morgan fingerprint density at radius 2 is 2.00 bits per heavy atom.